The van der Waals surface area contributed by atoms with Crippen molar-refractivity contribution < 1.29 is 9.47 Å². The Kier molecular flexibility index (Phi) is 9.12. The highest BCUT2D eigenvalue weighted by Crippen LogP contribution is 2.49. The summed E-state index contributed by atoms with van der Waals surface area (Å²) < 4.78 is 14.6. The van der Waals surface area contributed by atoms with Crippen molar-refractivity contribution in [1.29, 1.82) is 0 Å². The fraction of sp³-hybridized carbons (Fsp3) is 0.143. The highest BCUT2D eigenvalue weighted by atomic mass is 16.5. The van der Waals surface area contributed by atoms with E-state index >= 15 is 0 Å². The van der Waals surface area contributed by atoms with E-state index in [1.807, 2.05) is 0 Å². The molecular weight excluding hydrogens is 849 g/mol. The Bertz CT molecular complexity index is 3630. The van der Waals surface area contributed by atoms with Gasteiger partial charge in [0.25, 0.3) is 20.1 Å². The van der Waals surface area contributed by atoms with Gasteiger partial charge in [0.15, 0.2) is 0 Å². The number of hydrogen-bond donors (Lipinski definition) is 0. The largest absolute Gasteiger partial charge is 0.458 e. The van der Waals surface area contributed by atoms with Crippen LogP contribution in [-0.2, 0) is 0 Å². The molecule has 5 aliphatic heterocycles. The summed E-state index contributed by atoms with van der Waals surface area (Å²) in [6.07, 6.45) is 0. The molecule has 7 heteroatoms. The van der Waals surface area contributed by atoms with E-state index in [2.05, 4.69) is 233 Å². The van der Waals surface area contributed by atoms with Crippen LogP contribution in [0.2, 0.25) is 0 Å². The molecule has 5 heterocycles. The van der Waals surface area contributed by atoms with Crippen molar-refractivity contribution in [3.8, 4) is 34.1 Å². The molecule has 0 bridgehead atoms. The van der Waals surface area contributed by atoms with E-state index in [0.29, 0.717) is 17.8 Å². The molecule has 0 fully saturated rings. The van der Waals surface area contributed by atoms with Crippen LogP contribution in [0.1, 0.15) is 76.0 Å². The van der Waals surface area contributed by atoms with Crippen molar-refractivity contribution in [2.24, 2.45) is 0 Å². The van der Waals surface area contributed by atoms with Gasteiger partial charge >= 0.3 is 0 Å². The third-order valence-electron chi connectivity index (χ3n) is 16.0. The van der Waals surface area contributed by atoms with E-state index in [9.17, 15) is 0 Å². The summed E-state index contributed by atoms with van der Waals surface area (Å²) >= 11 is 0. The molecule has 0 aromatic heterocycles. The van der Waals surface area contributed by atoms with Gasteiger partial charge in [-0.3, -0.25) is 0 Å². The standard InChI is InChI=1S/C63H51B3N2O2/c1-37(2)41-32-43(38(3)4)60(44(33-41)39(5)6)66-48-26-14-19-31-56(48)69-57-36-58-49(34-50(57)66)65-47-25-13-18-30-54(47)68-53-29-17-12-24-46(53)64-45-23-11-16-28-52(45)67(55-35-59(70-58)62(65)63(68)61(55)64)51-27-15-10-22-42(51)40-20-8-7-9-21-40/h7-39H,1-6H3. The maximum Gasteiger partial charge on any atom is 0.256 e. The molecule has 9 aromatic carbocycles. The van der Waals surface area contributed by atoms with E-state index in [0.717, 1.165) is 34.4 Å². The zero-order chi connectivity index (χ0) is 47.1. The molecule has 0 spiro atoms. The Morgan fingerprint density at radius 2 is 0.829 bits per heavy atom. The lowest BCUT2D eigenvalue weighted by Crippen LogP contribution is -2.68. The van der Waals surface area contributed by atoms with E-state index in [1.54, 1.807) is 0 Å². The Morgan fingerprint density at radius 3 is 1.43 bits per heavy atom. The molecule has 4 nitrogen and oxygen atoms in total. The van der Waals surface area contributed by atoms with E-state index in [1.165, 1.54) is 99.7 Å². The molecule has 334 valence electrons. The highest BCUT2D eigenvalue weighted by Gasteiger charge is 2.52. The van der Waals surface area contributed by atoms with Gasteiger partial charge in [-0.15, -0.1) is 0 Å². The van der Waals surface area contributed by atoms with Crippen LogP contribution in [-0.4, -0.2) is 20.1 Å². The van der Waals surface area contributed by atoms with Crippen molar-refractivity contribution in [1.82, 2.24) is 0 Å². The van der Waals surface area contributed by atoms with Crippen molar-refractivity contribution in [2.45, 2.75) is 59.3 Å². The summed E-state index contributed by atoms with van der Waals surface area (Å²) in [7, 11) is 0. The Hall–Kier alpha value is -7.63. The van der Waals surface area contributed by atoms with Crippen molar-refractivity contribution >= 4 is 103 Å². The van der Waals surface area contributed by atoms with Crippen LogP contribution in [0, 0.1) is 0 Å². The fourth-order valence-electron chi connectivity index (χ4n) is 12.9. The predicted octanol–water partition coefficient (Wildman–Crippen LogP) is 10.4. The molecule has 0 radical (unpaired) electrons. The molecule has 0 unspecified atom stereocenters. The van der Waals surface area contributed by atoms with Gasteiger partial charge in [0.05, 0.1) is 5.69 Å². The molecule has 0 amide bonds. The van der Waals surface area contributed by atoms with Crippen LogP contribution in [0.4, 0.5) is 34.1 Å². The lowest BCUT2D eigenvalue weighted by Gasteiger charge is -2.49. The van der Waals surface area contributed by atoms with Gasteiger partial charge in [0.2, 0.25) is 0 Å². The van der Waals surface area contributed by atoms with Gasteiger partial charge in [-0.1, -0.05) is 187 Å². The number of rotatable bonds is 6. The third-order valence-corrected chi connectivity index (χ3v) is 16.0. The first kappa shape index (κ1) is 41.4. The molecule has 5 aliphatic rings. The Balaban J connectivity index is 1.06. The number of para-hydroxylation sites is 5. The molecule has 0 atom stereocenters. The molecule has 9 aromatic rings. The lowest BCUT2D eigenvalue weighted by molar-refractivity contribution is 0.466. The maximum absolute atomic E-state index is 7.52. The normalized spacial score (nSPS) is 14.0. The number of fused-ring (bicyclic) bond motifs is 12. The van der Waals surface area contributed by atoms with Crippen molar-refractivity contribution in [3.63, 3.8) is 0 Å². The monoisotopic (exact) mass is 900 g/mol. The lowest BCUT2D eigenvalue weighted by atomic mass is 9.28. The average molecular weight is 901 g/mol. The number of benzene rings is 9. The first-order chi connectivity index (χ1) is 34.2. The minimum absolute atomic E-state index is 0.00179. The summed E-state index contributed by atoms with van der Waals surface area (Å²) in [5.41, 5.74) is 25.1. The average Bonchev–Trinajstić information content (AvgIpc) is 3.39. The summed E-state index contributed by atoms with van der Waals surface area (Å²) in [6, 6.07) is 67.7. The first-order valence-corrected chi connectivity index (χ1v) is 25.3. The van der Waals surface area contributed by atoms with E-state index in [4.69, 9.17) is 9.47 Å². The van der Waals surface area contributed by atoms with Gasteiger partial charge in [-0.05, 0) is 114 Å². The molecule has 70 heavy (non-hydrogen) atoms. The minimum atomic E-state index is -0.0970. The van der Waals surface area contributed by atoms with Gasteiger partial charge in [-0.25, -0.2) is 0 Å². The van der Waals surface area contributed by atoms with Crippen molar-refractivity contribution in [2.75, 3.05) is 9.80 Å². The van der Waals surface area contributed by atoms with Crippen LogP contribution in [0.5, 0.6) is 23.0 Å². The van der Waals surface area contributed by atoms with Crippen LogP contribution in [0.25, 0.3) is 11.1 Å². The summed E-state index contributed by atoms with van der Waals surface area (Å²) in [6.45, 7) is 13.9. The second-order valence-electron chi connectivity index (χ2n) is 20.8. The molecule has 0 N–H and O–H groups in total. The first-order valence-electron chi connectivity index (χ1n) is 25.3. The van der Waals surface area contributed by atoms with Crippen LogP contribution < -0.4 is 68.4 Å². The van der Waals surface area contributed by atoms with Gasteiger partial charge < -0.3 is 19.3 Å². The highest BCUT2D eigenvalue weighted by molar-refractivity contribution is 7.05. The van der Waals surface area contributed by atoms with Gasteiger partial charge in [0.1, 0.15) is 23.0 Å². The summed E-state index contributed by atoms with van der Waals surface area (Å²) in [5.74, 6) is 4.56. The molecule has 0 saturated carbocycles. The van der Waals surface area contributed by atoms with E-state index in [-0.39, 0.29) is 20.1 Å². The Labute approximate surface area is 412 Å². The second-order valence-corrected chi connectivity index (χ2v) is 20.8. The van der Waals surface area contributed by atoms with Gasteiger partial charge in [-0.2, -0.15) is 0 Å². The molecule has 0 aliphatic carbocycles. The molecule has 14 rings (SSSR count). The predicted molar refractivity (Wildman–Crippen MR) is 297 cm³/mol. The van der Waals surface area contributed by atoms with Crippen LogP contribution >= 0.6 is 0 Å². The number of anilines is 6. The van der Waals surface area contributed by atoms with Crippen LogP contribution in [0.3, 0.4) is 0 Å². The quantitative estimate of drug-likeness (QED) is 0.155. The third kappa shape index (κ3) is 5.81. The smallest absolute Gasteiger partial charge is 0.256 e. The van der Waals surface area contributed by atoms with Crippen LogP contribution in [0.15, 0.2) is 182 Å². The number of nitrogens with zero attached hydrogens (tertiary/aromatic N) is 2. The molecular formula is C63H51B3N2O2. The topological polar surface area (TPSA) is 24.9 Å². The summed E-state index contributed by atoms with van der Waals surface area (Å²) in [5, 5.41) is 0. The maximum atomic E-state index is 7.52. The summed E-state index contributed by atoms with van der Waals surface area (Å²) in [4.78, 5) is 5.08. The van der Waals surface area contributed by atoms with Gasteiger partial charge in [0, 0.05) is 46.1 Å². The second kappa shape index (κ2) is 15.4. The molecule has 0 saturated heterocycles. The minimum Gasteiger partial charge on any atom is -0.458 e. The van der Waals surface area contributed by atoms with E-state index < -0.39 is 0 Å². The fourth-order valence-corrected chi connectivity index (χ4v) is 12.9. The SMILES string of the molecule is CC(C)c1cc(C(C)C)c(B2c3ccccc3Oc3cc4c(cc32)B2c3ccccc3N3c5ccccc5B5c6ccccc6N(c6ccccc6-c6ccccc6)c6cc(c2c3c65)O4)c(C(C)C)c1. The zero-order valence-electron chi connectivity index (χ0n) is 40.5. The zero-order valence-corrected chi connectivity index (χ0v) is 40.5. The number of hydrogen-bond acceptors (Lipinski definition) is 4. The van der Waals surface area contributed by atoms with Crippen molar-refractivity contribution in [3.05, 3.63) is 199 Å². The number of ether oxygens (including phenoxy) is 2. The Morgan fingerprint density at radius 1 is 0.343 bits per heavy atom.